The molecule has 0 atom stereocenters. The van der Waals surface area contributed by atoms with Gasteiger partial charge in [0.05, 0.1) is 0 Å². The van der Waals surface area contributed by atoms with Gasteiger partial charge in [0.15, 0.2) is 0 Å². The van der Waals surface area contributed by atoms with Crippen LogP contribution in [0.4, 0.5) is 5.69 Å². The van der Waals surface area contributed by atoms with Crippen molar-refractivity contribution in [3.63, 3.8) is 0 Å². The van der Waals surface area contributed by atoms with Gasteiger partial charge in [-0.15, -0.1) is 0 Å². The minimum Gasteiger partial charge on any atom is -0.375 e. The molecule has 21 heavy (non-hydrogen) atoms. The van der Waals surface area contributed by atoms with E-state index >= 15 is 0 Å². The molecule has 1 aliphatic heterocycles. The Morgan fingerprint density at radius 2 is 2.10 bits per heavy atom. The number of carbonyl (C=O) groups excluding carboxylic acids is 1. The molecule has 1 aliphatic rings. The van der Waals surface area contributed by atoms with Gasteiger partial charge in [0.2, 0.25) is 0 Å². The van der Waals surface area contributed by atoms with Crippen LogP contribution >= 0.6 is 0 Å². The van der Waals surface area contributed by atoms with Gasteiger partial charge in [0.1, 0.15) is 6.61 Å². The van der Waals surface area contributed by atoms with Crippen molar-refractivity contribution in [3.05, 3.63) is 29.8 Å². The molecular weight excluding hydrogens is 266 g/mol. The number of hydrogen-bond acceptors (Lipinski definition) is 4. The van der Waals surface area contributed by atoms with Crippen molar-refractivity contribution in [2.24, 2.45) is 0 Å². The molecule has 1 heterocycles. The Kier molecular flexibility index (Phi) is 6.17. The highest BCUT2D eigenvalue weighted by Crippen LogP contribution is 2.21. The summed E-state index contributed by atoms with van der Waals surface area (Å²) in [5.74, 6) is 0.0202. The van der Waals surface area contributed by atoms with E-state index in [1.807, 2.05) is 23.1 Å². The first-order chi connectivity index (χ1) is 10.2. The zero-order chi connectivity index (χ0) is 15.1. The van der Waals surface area contributed by atoms with Crippen molar-refractivity contribution in [1.29, 1.82) is 0 Å². The molecule has 0 spiro atoms. The van der Waals surface area contributed by atoms with Crippen molar-refractivity contribution in [2.75, 3.05) is 51.8 Å². The molecule has 116 valence electrons. The fourth-order valence-electron chi connectivity index (χ4n) is 2.61. The number of rotatable bonds is 2. The van der Waals surface area contributed by atoms with Crippen LogP contribution in [0.25, 0.3) is 0 Å². The number of para-hydroxylation sites is 1. The number of hydrogen-bond donors (Lipinski definition) is 1. The Bertz CT molecular complexity index is 465. The van der Waals surface area contributed by atoms with Gasteiger partial charge in [-0.1, -0.05) is 18.2 Å². The van der Waals surface area contributed by atoms with Crippen molar-refractivity contribution in [2.45, 2.75) is 13.0 Å². The van der Waals surface area contributed by atoms with Gasteiger partial charge in [0, 0.05) is 39.0 Å². The average Bonchev–Trinajstić information content (AvgIpc) is 2.52. The highest BCUT2D eigenvalue weighted by atomic mass is 16.5. The largest absolute Gasteiger partial charge is 0.375 e. The Balaban J connectivity index is 2.24. The van der Waals surface area contributed by atoms with E-state index in [-0.39, 0.29) is 12.5 Å². The maximum atomic E-state index is 12.4. The van der Waals surface area contributed by atoms with Crippen LogP contribution in [0.3, 0.4) is 0 Å². The lowest BCUT2D eigenvalue weighted by Crippen LogP contribution is -2.36. The Hall–Kier alpha value is -1.43. The van der Waals surface area contributed by atoms with Gasteiger partial charge in [-0.25, -0.2) is 0 Å². The average molecular weight is 291 g/mol. The molecule has 0 saturated heterocycles. The Morgan fingerprint density at radius 1 is 1.29 bits per heavy atom. The quantitative estimate of drug-likeness (QED) is 0.886. The van der Waals surface area contributed by atoms with E-state index < -0.39 is 0 Å². The molecule has 0 aliphatic carbocycles. The summed E-state index contributed by atoms with van der Waals surface area (Å²) in [6.45, 7) is 4.59. The molecule has 0 fully saturated rings. The van der Waals surface area contributed by atoms with E-state index in [0.29, 0.717) is 0 Å². The van der Waals surface area contributed by atoms with E-state index in [1.165, 1.54) is 0 Å². The van der Waals surface area contributed by atoms with Crippen molar-refractivity contribution >= 4 is 11.6 Å². The molecule has 1 N–H and O–H groups in total. The predicted molar refractivity (Wildman–Crippen MR) is 84.5 cm³/mol. The lowest BCUT2D eigenvalue weighted by Gasteiger charge is -2.25. The van der Waals surface area contributed by atoms with Crippen molar-refractivity contribution < 1.29 is 9.53 Å². The molecule has 1 aromatic rings. The van der Waals surface area contributed by atoms with Crippen LogP contribution in [0.1, 0.15) is 12.0 Å². The minimum atomic E-state index is 0.0202. The smallest absolute Gasteiger partial charge is 0.252 e. The van der Waals surface area contributed by atoms with Gasteiger partial charge in [-0.05, 0) is 31.6 Å². The highest BCUT2D eigenvalue weighted by molar-refractivity contribution is 5.95. The van der Waals surface area contributed by atoms with E-state index in [1.54, 1.807) is 7.11 Å². The fraction of sp³-hybridized carbons (Fsp3) is 0.562. The number of carbonyl (C=O) groups is 1. The normalized spacial score (nSPS) is 17.9. The third-order valence-corrected chi connectivity index (χ3v) is 3.76. The molecule has 5 nitrogen and oxygen atoms in total. The number of likely N-dealkylation sites (N-methyl/N-ethyl adjacent to an activating group) is 1. The number of anilines is 1. The summed E-state index contributed by atoms with van der Waals surface area (Å²) in [7, 11) is 3.68. The van der Waals surface area contributed by atoms with Gasteiger partial charge in [0.25, 0.3) is 5.91 Å². The predicted octanol–water partition coefficient (Wildman–Crippen LogP) is 1.09. The van der Waals surface area contributed by atoms with E-state index in [4.69, 9.17) is 4.74 Å². The van der Waals surface area contributed by atoms with Gasteiger partial charge in [-0.3, -0.25) is 4.79 Å². The van der Waals surface area contributed by atoms with Gasteiger partial charge in [-0.2, -0.15) is 0 Å². The van der Waals surface area contributed by atoms with Crippen molar-refractivity contribution in [3.8, 4) is 0 Å². The van der Waals surface area contributed by atoms with Gasteiger partial charge < -0.3 is 19.9 Å². The first-order valence-electron chi connectivity index (χ1n) is 7.49. The molecule has 0 radical (unpaired) electrons. The molecule has 2 rings (SSSR count). The third kappa shape index (κ3) is 4.52. The first kappa shape index (κ1) is 15.9. The highest BCUT2D eigenvalue weighted by Gasteiger charge is 2.18. The number of ether oxygens (including phenoxy) is 1. The van der Waals surface area contributed by atoms with Crippen LogP contribution in [0.5, 0.6) is 0 Å². The number of benzene rings is 1. The van der Waals surface area contributed by atoms with Crippen molar-refractivity contribution in [1.82, 2.24) is 10.2 Å². The molecular formula is C16H25N3O2. The van der Waals surface area contributed by atoms with Gasteiger partial charge >= 0.3 is 0 Å². The van der Waals surface area contributed by atoms with Crippen LogP contribution in [0.15, 0.2) is 24.3 Å². The summed E-state index contributed by atoms with van der Waals surface area (Å²) in [5, 5.41) is 3.45. The van der Waals surface area contributed by atoms with E-state index in [0.717, 1.165) is 50.4 Å². The van der Waals surface area contributed by atoms with Crippen LogP contribution in [-0.2, 0) is 16.1 Å². The lowest BCUT2D eigenvalue weighted by molar-refractivity contribution is -0.122. The summed E-state index contributed by atoms with van der Waals surface area (Å²) in [6.07, 6.45) is 0.959. The Labute approximate surface area is 126 Å². The second-order valence-electron chi connectivity index (χ2n) is 5.44. The number of nitrogens with zero attached hydrogens (tertiary/aromatic N) is 2. The first-order valence-corrected chi connectivity index (χ1v) is 7.49. The van der Waals surface area contributed by atoms with Crippen LogP contribution < -0.4 is 10.2 Å². The SMILES string of the molecule is COCC(=O)N1CCCN(C)CCNCc2ccccc21. The van der Waals surface area contributed by atoms with Crippen LogP contribution in [-0.4, -0.2) is 57.8 Å². The third-order valence-electron chi connectivity index (χ3n) is 3.76. The number of nitrogens with one attached hydrogen (secondary N) is 1. The van der Waals surface area contributed by atoms with Crippen LogP contribution in [0, 0.1) is 0 Å². The molecule has 0 bridgehead atoms. The molecule has 5 heteroatoms. The maximum Gasteiger partial charge on any atom is 0.252 e. The second-order valence-corrected chi connectivity index (χ2v) is 5.44. The molecule has 0 unspecified atom stereocenters. The number of methoxy groups -OCH3 is 1. The monoisotopic (exact) mass is 291 g/mol. The standard InChI is InChI=1S/C16H25N3O2/c1-18-9-5-10-19(16(20)13-21-2)15-7-4-3-6-14(15)12-17-8-11-18/h3-4,6-7,17H,5,8-13H2,1-2H3. The van der Waals surface area contributed by atoms with E-state index in [9.17, 15) is 4.79 Å². The lowest BCUT2D eigenvalue weighted by atomic mass is 10.1. The molecule has 1 amide bonds. The van der Waals surface area contributed by atoms with Crippen LogP contribution in [0.2, 0.25) is 0 Å². The second kappa shape index (κ2) is 8.12. The molecule has 0 saturated carbocycles. The zero-order valence-corrected chi connectivity index (χ0v) is 13.0. The molecule has 0 aromatic heterocycles. The maximum absolute atomic E-state index is 12.4. The Morgan fingerprint density at radius 3 is 2.90 bits per heavy atom. The zero-order valence-electron chi connectivity index (χ0n) is 13.0. The number of amides is 1. The molecule has 1 aromatic carbocycles. The summed E-state index contributed by atoms with van der Waals surface area (Å²) in [4.78, 5) is 16.5. The minimum absolute atomic E-state index is 0.0202. The topological polar surface area (TPSA) is 44.8 Å². The summed E-state index contributed by atoms with van der Waals surface area (Å²) in [6, 6.07) is 8.10. The van der Waals surface area contributed by atoms with E-state index in [2.05, 4.69) is 23.3 Å². The summed E-state index contributed by atoms with van der Waals surface area (Å²) < 4.78 is 5.03. The summed E-state index contributed by atoms with van der Waals surface area (Å²) in [5.41, 5.74) is 2.16. The number of fused-ring (bicyclic) bond motifs is 1. The fourth-order valence-corrected chi connectivity index (χ4v) is 2.61. The summed E-state index contributed by atoms with van der Waals surface area (Å²) >= 11 is 0.